The first kappa shape index (κ1) is 11.6. The Hall–Kier alpha value is -0.830. The summed E-state index contributed by atoms with van der Waals surface area (Å²) in [7, 11) is 0. The van der Waals surface area contributed by atoms with Crippen LogP contribution in [0, 0.1) is 5.41 Å². The second-order valence-corrected chi connectivity index (χ2v) is 6.39. The Balaban J connectivity index is 2.40. The third-order valence-electron chi connectivity index (χ3n) is 3.41. The van der Waals surface area contributed by atoms with Gasteiger partial charge in [0.15, 0.2) is 0 Å². The van der Waals surface area contributed by atoms with Crippen LogP contribution in [0.2, 0.25) is 0 Å². The van der Waals surface area contributed by atoms with Crippen LogP contribution >= 0.6 is 15.9 Å². The van der Waals surface area contributed by atoms with Gasteiger partial charge in [0.1, 0.15) is 0 Å². The summed E-state index contributed by atoms with van der Waals surface area (Å²) in [5.41, 5.74) is 6.39. The minimum atomic E-state index is -0.451. The quantitative estimate of drug-likeness (QED) is 0.890. The van der Waals surface area contributed by atoms with Crippen molar-refractivity contribution in [2.45, 2.75) is 32.1 Å². The zero-order chi connectivity index (χ0) is 12.0. The average Bonchev–Trinajstić information content (AvgIpc) is 2.13. The van der Waals surface area contributed by atoms with E-state index in [2.05, 4.69) is 29.8 Å². The Labute approximate surface area is 104 Å². The molecule has 1 aliphatic rings. The van der Waals surface area contributed by atoms with Crippen LogP contribution in [0.15, 0.2) is 28.7 Å². The standard InChI is InChI=1S/C13H16BrNO/c1-12(2)7-13(8-12,11(15)16)9-4-3-5-10(14)6-9/h3-6H,7-8H2,1-2H3,(H2,15,16). The number of halogens is 1. The molecule has 0 saturated heterocycles. The van der Waals surface area contributed by atoms with E-state index in [1.807, 2.05) is 24.3 Å². The smallest absolute Gasteiger partial charge is 0.228 e. The minimum absolute atomic E-state index is 0.204. The lowest BCUT2D eigenvalue weighted by atomic mass is 9.51. The number of carbonyl (C=O) groups excluding carboxylic acids is 1. The summed E-state index contributed by atoms with van der Waals surface area (Å²) in [5.74, 6) is -0.204. The number of carbonyl (C=O) groups is 1. The summed E-state index contributed by atoms with van der Waals surface area (Å²) in [5, 5.41) is 0. The van der Waals surface area contributed by atoms with Crippen LogP contribution in [0.4, 0.5) is 0 Å². The Kier molecular flexibility index (Phi) is 2.61. The predicted octanol–water partition coefficient (Wildman–Crippen LogP) is 2.99. The van der Waals surface area contributed by atoms with E-state index in [4.69, 9.17) is 5.73 Å². The van der Waals surface area contributed by atoms with Crippen LogP contribution in [0.3, 0.4) is 0 Å². The van der Waals surface area contributed by atoms with Crippen molar-refractivity contribution in [1.82, 2.24) is 0 Å². The minimum Gasteiger partial charge on any atom is -0.369 e. The monoisotopic (exact) mass is 281 g/mol. The number of benzene rings is 1. The SMILES string of the molecule is CC1(C)CC(C(N)=O)(c2cccc(Br)c2)C1. The topological polar surface area (TPSA) is 43.1 Å². The van der Waals surface area contributed by atoms with Crippen LogP contribution < -0.4 is 5.73 Å². The molecule has 0 unspecified atom stereocenters. The summed E-state index contributed by atoms with van der Waals surface area (Å²) >= 11 is 3.43. The molecule has 16 heavy (non-hydrogen) atoms. The van der Waals surface area contributed by atoms with Gasteiger partial charge in [0.05, 0.1) is 5.41 Å². The van der Waals surface area contributed by atoms with E-state index in [-0.39, 0.29) is 11.3 Å². The van der Waals surface area contributed by atoms with Gasteiger partial charge in [-0.05, 0) is 36.0 Å². The van der Waals surface area contributed by atoms with Crippen LogP contribution in [-0.4, -0.2) is 5.91 Å². The molecule has 0 aliphatic heterocycles. The van der Waals surface area contributed by atoms with Crippen molar-refractivity contribution in [2.24, 2.45) is 11.1 Å². The molecule has 0 spiro atoms. The molecule has 0 atom stereocenters. The Morgan fingerprint density at radius 1 is 1.38 bits per heavy atom. The highest BCUT2D eigenvalue weighted by atomic mass is 79.9. The zero-order valence-electron chi connectivity index (χ0n) is 9.59. The summed E-state index contributed by atoms with van der Waals surface area (Å²) in [6, 6.07) is 7.90. The van der Waals surface area contributed by atoms with Crippen molar-refractivity contribution in [3.05, 3.63) is 34.3 Å². The maximum atomic E-state index is 11.7. The second-order valence-electron chi connectivity index (χ2n) is 5.47. The van der Waals surface area contributed by atoms with E-state index in [0.29, 0.717) is 0 Å². The van der Waals surface area contributed by atoms with Crippen molar-refractivity contribution in [3.8, 4) is 0 Å². The van der Waals surface area contributed by atoms with Crippen molar-refractivity contribution in [3.63, 3.8) is 0 Å². The number of primary amides is 1. The van der Waals surface area contributed by atoms with Crippen molar-refractivity contribution in [2.75, 3.05) is 0 Å². The van der Waals surface area contributed by atoms with Crippen LogP contribution in [0.25, 0.3) is 0 Å². The van der Waals surface area contributed by atoms with E-state index in [0.717, 1.165) is 22.9 Å². The van der Waals surface area contributed by atoms with Gasteiger partial charge in [-0.3, -0.25) is 4.79 Å². The lowest BCUT2D eigenvalue weighted by Gasteiger charge is -2.51. The van der Waals surface area contributed by atoms with E-state index >= 15 is 0 Å². The lowest BCUT2D eigenvalue weighted by molar-refractivity contribution is -0.131. The zero-order valence-corrected chi connectivity index (χ0v) is 11.2. The normalized spacial score (nSPS) is 21.2. The molecule has 0 aromatic heterocycles. The molecule has 1 aliphatic carbocycles. The third kappa shape index (κ3) is 1.77. The molecule has 2 rings (SSSR count). The van der Waals surface area contributed by atoms with Crippen LogP contribution in [-0.2, 0) is 10.2 Å². The molecule has 0 bridgehead atoms. The Bertz CT molecular complexity index is 431. The van der Waals surface area contributed by atoms with Gasteiger partial charge >= 0.3 is 0 Å². The summed E-state index contributed by atoms with van der Waals surface area (Å²) in [4.78, 5) is 11.7. The first-order chi connectivity index (χ1) is 7.36. The van der Waals surface area contributed by atoms with E-state index in [1.54, 1.807) is 0 Å². The van der Waals surface area contributed by atoms with Gasteiger partial charge in [0, 0.05) is 4.47 Å². The van der Waals surface area contributed by atoms with Gasteiger partial charge in [-0.2, -0.15) is 0 Å². The highest BCUT2D eigenvalue weighted by Gasteiger charge is 2.54. The molecule has 86 valence electrons. The van der Waals surface area contributed by atoms with Gasteiger partial charge < -0.3 is 5.73 Å². The molecule has 1 amide bonds. The van der Waals surface area contributed by atoms with E-state index in [9.17, 15) is 4.79 Å². The van der Waals surface area contributed by atoms with Crippen molar-refractivity contribution >= 4 is 21.8 Å². The number of nitrogens with two attached hydrogens (primary N) is 1. The second kappa shape index (κ2) is 3.59. The first-order valence-electron chi connectivity index (χ1n) is 5.42. The molecule has 0 radical (unpaired) electrons. The van der Waals surface area contributed by atoms with Crippen molar-refractivity contribution < 1.29 is 4.79 Å². The van der Waals surface area contributed by atoms with Gasteiger partial charge in [0.2, 0.25) is 5.91 Å². The predicted molar refractivity (Wildman–Crippen MR) is 68.0 cm³/mol. The molecule has 1 saturated carbocycles. The lowest BCUT2D eigenvalue weighted by Crippen LogP contribution is -2.54. The Morgan fingerprint density at radius 2 is 2.00 bits per heavy atom. The molecule has 2 N–H and O–H groups in total. The molecule has 2 nitrogen and oxygen atoms in total. The highest BCUT2D eigenvalue weighted by molar-refractivity contribution is 9.10. The summed E-state index contributed by atoms with van der Waals surface area (Å²) in [6.07, 6.45) is 1.68. The molecule has 1 aromatic carbocycles. The fourth-order valence-electron chi connectivity index (χ4n) is 2.89. The van der Waals surface area contributed by atoms with Gasteiger partial charge in [-0.25, -0.2) is 0 Å². The first-order valence-corrected chi connectivity index (χ1v) is 6.21. The van der Waals surface area contributed by atoms with Gasteiger partial charge in [-0.1, -0.05) is 41.9 Å². The number of hydrogen-bond acceptors (Lipinski definition) is 1. The number of hydrogen-bond donors (Lipinski definition) is 1. The molecule has 1 fully saturated rings. The fraction of sp³-hybridized carbons (Fsp3) is 0.462. The third-order valence-corrected chi connectivity index (χ3v) is 3.90. The van der Waals surface area contributed by atoms with Gasteiger partial charge in [-0.15, -0.1) is 0 Å². The van der Waals surface area contributed by atoms with Crippen LogP contribution in [0.5, 0.6) is 0 Å². The molecular formula is C13H16BrNO. The summed E-state index contributed by atoms with van der Waals surface area (Å²) in [6.45, 7) is 4.35. The van der Waals surface area contributed by atoms with Gasteiger partial charge in [0.25, 0.3) is 0 Å². The van der Waals surface area contributed by atoms with Crippen molar-refractivity contribution in [1.29, 1.82) is 0 Å². The molecule has 1 aromatic rings. The average molecular weight is 282 g/mol. The largest absolute Gasteiger partial charge is 0.369 e. The number of amides is 1. The maximum Gasteiger partial charge on any atom is 0.228 e. The van der Waals surface area contributed by atoms with Crippen LogP contribution in [0.1, 0.15) is 32.3 Å². The molecule has 3 heteroatoms. The highest BCUT2D eigenvalue weighted by Crippen LogP contribution is 2.55. The fourth-order valence-corrected chi connectivity index (χ4v) is 3.29. The van der Waals surface area contributed by atoms with E-state index in [1.165, 1.54) is 0 Å². The molecular weight excluding hydrogens is 266 g/mol. The maximum absolute atomic E-state index is 11.7. The Morgan fingerprint density at radius 3 is 2.44 bits per heavy atom. The van der Waals surface area contributed by atoms with E-state index < -0.39 is 5.41 Å². The molecule has 0 heterocycles. The summed E-state index contributed by atoms with van der Waals surface area (Å²) < 4.78 is 0.996. The number of rotatable bonds is 2.